The van der Waals surface area contributed by atoms with Gasteiger partial charge in [0.15, 0.2) is 9.84 Å². The second-order valence-corrected chi connectivity index (χ2v) is 12.4. The van der Waals surface area contributed by atoms with Gasteiger partial charge in [-0.3, -0.25) is 4.79 Å². The van der Waals surface area contributed by atoms with Crippen molar-refractivity contribution in [1.82, 2.24) is 10.3 Å². The Kier molecular flexibility index (Phi) is 7.41. The molecule has 39 heavy (non-hydrogen) atoms. The van der Waals surface area contributed by atoms with Crippen LogP contribution in [0.25, 0.3) is 10.9 Å². The molecule has 1 saturated carbocycles. The zero-order valence-corrected chi connectivity index (χ0v) is 21.8. The molecule has 1 amide bonds. The van der Waals surface area contributed by atoms with Crippen LogP contribution >= 0.6 is 0 Å². The Morgan fingerprint density at radius 2 is 1.67 bits per heavy atom. The van der Waals surface area contributed by atoms with Crippen LogP contribution in [-0.2, 0) is 16.0 Å². The minimum Gasteiger partial charge on any atom is -0.382 e. The van der Waals surface area contributed by atoms with Crippen LogP contribution in [0.4, 0.5) is 28.9 Å². The molecule has 208 valence electrons. The fourth-order valence-electron chi connectivity index (χ4n) is 5.20. The maximum absolute atomic E-state index is 13.9. The van der Waals surface area contributed by atoms with Crippen molar-refractivity contribution in [1.29, 1.82) is 0 Å². The van der Waals surface area contributed by atoms with Crippen molar-refractivity contribution in [3.63, 3.8) is 0 Å². The monoisotopic (exact) mass is 564 g/mol. The zero-order chi connectivity index (χ0) is 27.8. The van der Waals surface area contributed by atoms with Gasteiger partial charge in [-0.15, -0.1) is 0 Å². The molecule has 7 nitrogen and oxygen atoms in total. The molecule has 5 rings (SSSR count). The molecule has 1 saturated heterocycles. The maximum Gasteiger partial charge on any atom is 0.433 e. The molecule has 2 heterocycles. The van der Waals surface area contributed by atoms with E-state index in [0.29, 0.717) is 31.5 Å². The molecule has 2 aliphatic rings. The van der Waals surface area contributed by atoms with Crippen molar-refractivity contribution in [3.8, 4) is 0 Å². The van der Waals surface area contributed by atoms with E-state index in [1.165, 1.54) is 12.1 Å². The Hall–Kier alpha value is -3.41. The van der Waals surface area contributed by atoms with Gasteiger partial charge in [0.1, 0.15) is 11.5 Å². The number of carbonyl (C=O) groups excluding carboxylic acids is 1. The molecule has 1 aromatic heterocycles. The minimum absolute atomic E-state index is 0.0454. The number of benzene rings is 2. The third-order valence-corrected chi connectivity index (χ3v) is 8.88. The van der Waals surface area contributed by atoms with Crippen LogP contribution in [0.2, 0.25) is 0 Å². The van der Waals surface area contributed by atoms with Crippen molar-refractivity contribution in [2.75, 3.05) is 34.8 Å². The van der Waals surface area contributed by atoms with Crippen molar-refractivity contribution in [2.24, 2.45) is 0 Å². The molecule has 2 atom stereocenters. The molecule has 0 bridgehead atoms. The summed E-state index contributed by atoms with van der Waals surface area (Å²) in [6.45, 7) is 0.822. The highest BCUT2D eigenvalue weighted by molar-refractivity contribution is 7.91. The minimum atomic E-state index is -4.65. The van der Waals surface area contributed by atoms with Gasteiger partial charge in [0, 0.05) is 47.5 Å². The highest BCUT2D eigenvalue weighted by atomic mass is 32.2. The van der Waals surface area contributed by atoms with E-state index in [0.717, 1.165) is 30.7 Å². The van der Waals surface area contributed by atoms with E-state index in [1.54, 1.807) is 24.3 Å². The summed E-state index contributed by atoms with van der Waals surface area (Å²) >= 11 is 0. The summed E-state index contributed by atoms with van der Waals surface area (Å²) < 4.78 is 77.6. The Bertz CT molecular complexity index is 1460. The fraction of sp³-hybridized carbons (Fsp3) is 0.407. The van der Waals surface area contributed by atoms with E-state index in [-0.39, 0.29) is 46.1 Å². The number of nitrogens with one attached hydrogen (secondary N) is 2. The van der Waals surface area contributed by atoms with Crippen LogP contribution < -0.4 is 15.5 Å². The third-order valence-electron chi connectivity index (χ3n) is 7.27. The van der Waals surface area contributed by atoms with Crippen LogP contribution in [0.3, 0.4) is 0 Å². The van der Waals surface area contributed by atoms with Gasteiger partial charge in [-0.25, -0.2) is 17.8 Å². The highest BCUT2D eigenvalue weighted by Crippen LogP contribution is 2.34. The molecule has 3 aromatic rings. The van der Waals surface area contributed by atoms with E-state index >= 15 is 0 Å². The summed E-state index contributed by atoms with van der Waals surface area (Å²) in [7, 11) is -2.99. The number of rotatable bonds is 5. The second kappa shape index (κ2) is 10.6. The SMILES string of the molecule is O=C(NC1CCCC(Nc2cc(C(F)(F)F)nc3ccc(F)cc23)C1)c1ccc(N2CCS(=O)(=O)CC2)cc1. The maximum atomic E-state index is 13.9. The summed E-state index contributed by atoms with van der Waals surface area (Å²) in [6, 6.07) is 10.9. The normalized spacial score (nSPS) is 21.5. The molecule has 0 radical (unpaired) electrons. The summed E-state index contributed by atoms with van der Waals surface area (Å²) in [5.41, 5.74) is 0.458. The predicted molar refractivity (Wildman–Crippen MR) is 141 cm³/mol. The molecule has 1 aliphatic carbocycles. The van der Waals surface area contributed by atoms with Gasteiger partial charge in [-0.05, 0) is 74.2 Å². The van der Waals surface area contributed by atoms with Gasteiger partial charge < -0.3 is 15.5 Å². The number of pyridine rings is 1. The van der Waals surface area contributed by atoms with E-state index in [9.17, 15) is 30.8 Å². The van der Waals surface area contributed by atoms with E-state index in [4.69, 9.17) is 0 Å². The lowest BCUT2D eigenvalue weighted by Crippen LogP contribution is -2.42. The summed E-state index contributed by atoms with van der Waals surface area (Å²) in [5, 5.41) is 6.43. The number of fused-ring (bicyclic) bond motifs is 1. The average molecular weight is 565 g/mol. The first kappa shape index (κ1) is 27.2. The number of hydrogen-bond donors (Lipinski definition) is 2. The van der Waals surface area contributed by atoms with Crippen LogP contribution in [0.1, 0.15) is 41.7 Å². The van der Waals surface area contributed by atoms with Crippen LogP contribution in [0.15, 0.2) is 48.5 Å². The first-order valence-corrected chi connectivity index (χ1v) is 14.6. The van der Waals surface area contributed by atoms with Crippen molar-refractivity contribution >= 4 is 38.0 Å². The molecular weight excluding hydrogens is 536 g/mol. The van der Waals surface area contributed by atoms with Crippen molar-refractivity contribution in [2.45, 2.75) is 43.9 Å². The molecule has 1 aliphatic heterocycles. The van der Waals surface area contributed by atoms with Crippen molar-refractivity contribution in [3.05, 3.63) is 65.6 Å². The first-order chi connectivity index (χ1) is 18.5. The number of carbonyl (C=O) groups is 1. The van der Waals surface area contributed by atoms with Crippen LogP contribution in [-0.4, -0.2) is 56.0 Å². The lowest BCUT2D eigenvalue weighted by molar-refractivity contribution is -0.140. The van der Waals surface area contributed by atoms with E-state index in [2.05, 4.69) is 15.6 Å². The summed E-state index contributed by atoms with van der Waals surface area (Å²) in [4.78, 5) is 18.5. The van der Waals surface area contributed by atoms with E-state index in [1.807, 2.05) is 4.90 Å². The molecule has 0 spiro atoms. The number of sulfone groups is 1. The van der Waals surface area contributed by atoms with Crippen LogP contribution in [0, 0.1) is 5.82 Å². The Morgan fingerprint density at radius 3 is 2.36 bits per heavy atom. The summed E-state index contributed by atoms with van der Waals surface area (Å²) in [6.07, 6.45) is -1.99. The molecule has 2 aromatic carbocycles. The van der Waals surface area contributed by atoms with Crippen LogP contribution in [0.5, 0.6) is 0 Å². The molecule has 2 fully saturated rings. The largest absolute Gasteiger partial charge is 0.433 e. The lowest BCUT2D eigenvalue weighted by Gasteiger charge is -2.31. The first-order valence-electron chi connectivity index (χ1n) is 12.8. The van der Waals surface area contributed by atoms with E-state index < -0.39 is 27.5 Å². The predicted octanol–water partition coefficient (Wildman–Crippen LogP) is 4.78. The van der Waals surface area contributed by atoms with Gasteiger partial charge in [0.25, 0.3) is 5.91 Å². The zero-order valence-electron chi connectivity index (χ0n) is 21.0. The molecule has 12 heteroatoms. The standard InChI is InChI=1S/C27H28F4N4O3S/c28-18-6-9-23-22(14-18)24(16-25(34-23)27(29,30)31)32-19-2-1-3-20(15-19)33-26(36)17-4-7-21(8-5-17)35-10-12-39(37,38)13-11-35/h4-9,14,16,19-20H,1-3,10-13,15H2,(H,32,34)(H,33,36). The third kappa shape index (κ3) is 6.43. The van der Waals surface area contributed by atoms with Gasteiger partial charge in [-0.1, -0.05) is 0 Å². The number of aromatic nitrogens is 1. The number of nitrogens with zero attached hydrogens (tertiary/aromatic N) is 2. The van der Waals surface area contributed by atoms with Gasteiger partial charge in [0.2, 0.25) is 0 Å². The Labute approximate surface area is 223 Å². The number of halogens is 4. The number of alkyl halides is 3. The Balaban J connectivity index is 1.25. The Morgan fingerprint density at radius 1 is 0.974 bits per heavy atom. The number of hydrogen-bond acceptors (Lipinski definition) is 6. The summed E-state index contributed by atoms with van der Waals surface area (Å²) in [5.74, 6) is -0.622. The van der Waals surface area contributed by atoms with Gasteiger partial charge >= 0.3 is 6.18 Å². The average Bonchev–Trinajstić information content (AvgIpc) is 2.88. The molecule has 2 N–H and O–H groups in total. The topological polar surface area (TPSA) is 91.4 Å². The van der Waals surface area contributed by atoms with Gasteiger partial charge in [-0.2, -0.15) is 13.2 Å². The second-order valence-electron chi connectivity index (χ2n) is 10.1. The molecular formula is C27H28F4N4O3S. The van der Waals surface area contributed by atoms with Crippen molar-refractivity contribution < 1.29 is 30.8 Å². The van der Waals surface area contributed by atoms with Gasteiger partial charge in [0.05, 0.1) is 17.0 Å². The smallest absolute Gasteiger partial charge is 0.382 e. The quantitative estimate of drug-likeness (QED) is 0.434. The molecule has 2 unspecified atom stereocenters. The highest BCUT2D eigenvalue weighted by Gasteiger charge is 2.34. The lowest BCUT2D eigenvalue weighted by atomic mass is 9.90. The number of amides is 1. The number of anilines is 2. The fourth-order valence-corrected chi connectivity index (χ4v) is 6.40.